The third-order valence-electron chi connectivity index (χ3n) is 4.08. The molecule has 1 aromatic carbocycles. The molecular formula is C17H17Cl2NOS. The van der Waals surface area contributed by atoms with Crippen molar-refractivity contribution in [2.45, 2.75) is 25.8 Å². The van der Waals surface area contributed by atoms with Gasteiger partial charge in [0.1, 0.15) is 0 Å². The standard InChI is InChI=1S/C17H17Cl2NOS/c1-2-20(10-11-7-8-16(19)22-11)17(21)14-9-13(14)12-5-3-4-6-15(12)18/h3-8,13-14H,2,9-10H2,1H3. The summed E-state index contributed by atoms with van der Waals surface area (Å²) in [6.07, 6.45) is 0.893. The number of benzene rings is 1. The van der Waals surface area contributed by atoms with E-state index in [9.17, 15) is 4.79 Å². The molecule has 1 saturated carbocycles. The second-order valence-electron chi connectivity index (χ2n) is 5.53. The van der Waals surface area contributed by atoms with Crippen molar-refractivity contribution in [3.05, 3.63) is 56.2 Å². The van der Waals surface area contributed by atoms with Crippen LogP contribution in [0.1, 0.15) is 29.7 Å². The number of hydrogen-bond acceptors (Lipinski definition) is 2. The molecule has 0 spiro atoms. The summed E-state index contributed by atoms with van der Waals surface area (Å²) < 4.78 is 0.763. The number of hydrogen-bond donors (Lipinski definition) is 0. The van der Waals surface area contributed by atoms with Crippen LogP contribution < -0.4 is 0 Å². The molecule has 0 saturated heterocycles. The average Bonchev–Trinajstić information content (AvgIpc) is 3.20. The normalized spacial score (nSPS) is 20.0. The van der Waals surface area contributed by atoms with Crippen LogP contribution in [-0.4, -0.2) is 17.4 Å². The second kappa shape index (κ2) is 6.61. The van der Waals surface area contributed by atoms with Crippen molar-refractivity contribution in [3.63, 3.8) is 0 Å². The molecule has 5 heteroatoms. The summed E-state index contributed by atoms with van der Waals surface area (Å²) in [6, 6.07) is 11.7. The minimum atomic E-state index is 0.0651. The lowest BCUT2D eigenvalue weighted by Crippen LogP contribution is -2.31. The van der Waals surface area contributed by atoms with Crippen molar-refractivity contribution in [1.82, 2.24) is 4.90 Å². The summed E-state index contributed by atoms with van der Waals surface area (Å²) in [5, 5.41) is 0.760. The molecule has 2 nitrogen and oxygen atoms in total. The predicted molar refractivity (Wildman–Crippen MR) is 92.7 cm³/mol. The molecule has 3 rings (SSSR count). The van der Waals surface area contributed by atoms with E-state index in [0.717, 1.165) is 26.2 Å². The lowest BCUT2D eigenvalue weighted by Gasteiger charge is -2.20. The van der Waals surface area contributed by atoms with Gasteiger partial charge in [0, 0.05) is 22.4 Å². The van der Waals surface area contributed by atoms with Crippen LogP contribution in [0.25, 0.3) is 0 Å². The van der Waals surface area contributed by atoms with Gasteiger partial charge in [-0.3, -0.25) is 4.79 Å². The minimum Gasteiger partial charge on any atom is -0.338 e. The van der Waals surface area contributed by atoms with Gasteiger partial charge in [0.05, 0.1) is 10.9 Å². The molecule has 1 aromatic heterocycles. The zero-order valence-electron chi connectivity index (χ0n) is 12.3. The molecule has 1 aliphatic rings. The minimum absolute atomic E-state index is 0.0651. The number of thiophene rings is 1. The summed E-state index contributed by atoms with van der Waals surface area (Å²) in [4.78, 5) is 15.7. The van der Waals surface area contributed by atoms with E-state index in [4.69, 9.17) is 23.2 Å². The summed E-state index contributed by atoms with van der Waals surface area (Å²) in [6.45, 7) is 3.36. The quantitative estimate of drug-likeness (QED) is 0.722. The topological polar surface area (TPSA) is 20.3 Å². The van der Waals surface area contributed by atoms with E-state index in [-0.39, 0.29) is 17.7 Å². The van der Waals surface area contributed by atoms with Crippen molar-refractivity contribution in [1.29, 1.82) is 0 Å². The molecule has 116 valence electrons. The van der Waals surface area contributed by atoms with Crippen molar-refractivity contribution in [2.24, 2.45) is 5.92 Å². The molecule has 2 unspecified atom stereocenters. The first-order valence-corrected chi connectivity index (χ1v) is 8.94. The smallest absolute Gasteiger partial charge is 0.226 e. The highest BCUT2D eigenvalue weighted by Gasteiger charge is 2.46. The molecular weight excluding hydrogens is 337 g/mol. The molecule has 0 N–H and O–H groups in total. The molecule has 2 aromatic rings. The number of nitrogens with zero attached hydrogens (tertiary/aromatic N) is 1. The molecule has 22 heavy (non-hydrogen) atoms. The van der Waals surface area contributed by atoms with Gasteiger partial charge in [-0.05, 0) is 43.0 Å². The Hall–Kier alpha value is -1.03. The summed E-state index contributed by atoms with van der Waals surface area (Å²) in [5.41, 5.74) is 1.10. The van der Waals surface area contributed by atoms with E-state index >= 15 is 0 Å². The number of rotatable bonds is 5. The highest BCUT2D eigenvalue weighted by molar-refractivity contribution is 7.16. The number of carbonyl (C=O) groups is 1. The Labute approximate surface area is 144 Å². The van der Waals surface area contributed by atoms with Crippen molar-refractivity contribution < 1.29 is 4.79 Å². The summed E-state index contributed by atoms with van der Waals surface area (Å²) in [7, 11) is 0. The second-order valence-corrected chi connectivity index (χ2v) is 7.74. The average molecular weight is 354 g/mol. The maximum atomic E-state index is 12.7. The van der Waals surface area contributed by atoms with Crippen LogP contribution in [0.3, 0.4) is 0 Å². The first kappa shape index (κ1) is 15.9. The highest BCUT2D eigenvalue weighted by atomic mass is 35.5. The fourth-order valence-corrected chi connectivity index (χ4v) is 4.17. The lowest BCUT2D eigenvalue weighted by atomic mass is 10.1. The zero-order chi connectivity index (χ0) is 15.7. The van der Waals surface area contributed by atoms with E-state index in [1.54, 1.807) is 0 Å². The van der Waals surface area contributed by atoms with E-state index in [2.05, 4.69) is 0 Å². The van der Waals surface area contributed by atoms with Gasteiger partial charge in [-0.1, -0.05) is 41.4 Å². The van der Waals surface area contributed by atoms with Gasteiger partial charge < -0.3 is 4.90 Å². The van der Waals surface area contributed by atoms with E-state index in [1.165, 1.54) is 11.3 Å². The fraction of sp³-hybridized carbons (Fsp3) is 0.353. The Morgan fingerprint density at radius 2 is 2.05 bits per heavy atom. The van der Waals surface area contributed by atoms with Gasteiger partial charge in [0.15, 0.2) is 0 Å². The number of halogens is 2. The van der Waals surface area contributed by atoms with Crippen LogP contribution in [0.5, 0.6) is 0 Å². The van der Waals surface area contributed by atoms with Gasteiger partial charge in [-0.15, -0.1) is 11.3 Å². The molecule has 0 bridgehead atoms. The fourth-order valence-electron chi connectivity index (χ4n) is 2.79. The zero-order valence-corrected chi connectivity index (χ0v) is 14.6. The van der Waals surface area contributed by atoms with Gasteiger partial charge in [0.2, 0.25) is 5.91 Å². The molecule has 1 aliphatic carbocycles. The highest BCUT2D eigenvalue weighted by Crippen LogP contribution is 2.50. The van der Waals surface area contributed by atoms with Crippen molar-refractivity contribution in [2.75, 3.05) is 6.54 Å². The molecule has 1 amide bonds. The molecule has 1 heterocycles. The van der Waals surface area contributed by atoms with Gasteiger partial charge in [0.25, 0.3) is 0 Å². The van der Waals surface area contributed by atoms with Crippen LogP contribution in [0.4, 0.5) is 0 Å². The Morgan fingerprint density at radius 3 is 2.68 bits per heavy atom. The summed E-state index contributed by atoms with van der Waals surface area (Å²) in [5.74, 6) is 0.550. The first-order chi connectivity index (χ1) is 10.6. The maximum Gasteiger partial charge on any atom is 0.226 e. The van der Waals surface area contributed by atoms with Crippen molar-refractivity contribution >= 4 is 40.4 Å². The van der Waals surface area contributed by atoms with Crippen LogP contribution >= 0.6 is 34.5 Å². The van der Waals surface area contributed by atoms with Gasteiger partial charge >= 0.3 is 0 Å². The van der Waals surface area contributed by atoms with E-state index in [0.29, 0.717) is 13.1 Å². The van der Waals surface area contributed by atoms with Gasteiger partial charge in [-0.2, -0.15) is 0 Å². The lowest BCUT2D eigenvalue weighted by molar-refractivity contribution is -0.133. The Morgan fingerprint density at radius 1 is 1.27 bits per heavy atom. The maximum absolute atomic E-state index is 12.7. The molecule has 1 fully saturated rings. The number of amides is 1. The first-order valence-electron chi connectivity index (χ1n) is 7.37. The third-order valence-corrected chi connectivity index (χ3v) is 5.64. The van der Waals surface area contributed by atoms with Crippen molar-refractivity contribution in [3.8, 4) is 0 Å². The monoisotopic (exact) mass is 353 g/mol. The Bertz CT molecular complexity index is 685. The van der Waals surface area contributed by atoms with Gasteiger partial charge in [-0.25, -0.2) is 0 Å². The Kier molecular flexibility index (Phi) is 4.76. The largest absolute Gasteiger partial charge is 0.338 e. The molecule has 0 aliphatic heterocycles. The van der Waals surface area contributed by atoms with Crippen LogP contribution in [0.2, 0.25) is 9.36 Å². The Balaban J connectivity index is 1.67. The summed E-state index contributed by atoms with van der Waals surface area (Å²) >= 11 is 13.7. The molecule has 0 radical (unpaired) electrons. The van der Waals surface area contributed by atoms with Crippen LogP contribution in [0, 0.1) is 5.92 Å². The number of carbonyl (C=O) groups excluding carboxylic acids is 1. The van der Waals surface area contributed by atoms with E-state index in [1.807, 2.05) is 48.2 Å². The van der Waals surface area contributed by atoms with Crippen LogP contribution in [0.15, 0.2) is 36.4 Å². The predicted octanol–water partition coefficient (Wildman–Crippen LogP) is 5.21. The van der Waals surface area contributed by atoms with E-state index < -0.39 is 0 Å². The SMILES string of the molecule is CCN(Cc1ccc(Cl)s1)C(=O)C1CC1c1ccccc1Cl. The van der Waals surface area contributed by atoms with Crippen LogP contribution in [-0.2, 0) is 11.3 Å². The third kappa shape index (κ3) is 3.32. The molecule has 2 atom stereocenters.